The highest BCUT2D eigenvalue weighted by Gasteiger charge is 2.26. The van der Waals surface area contributed by atoms with Crippen LogP contribution in [0.2, 0.25) is 0 Å². The van der Waals surface area contributed by atoms with Crippen LogP contribution < -0.4 is 5.32 Å². The molecule has 2 aromatic heterocycles. The summed E-state index contributed by atoms with van der Waals surface area (Å²) < 4.78 is 8.52. The van der Waals surface area contributed by atoms with Crippen LogP contribution in [-0.4, -0.2) is 62.6 Å². The Balaban J connectivity index is 1.85. The summed E-state index contributed by atoms with van der Waals surface area (Å²) in [5.41, 5.74) is 1.95. The van der Waals surface area contributed by atoms with Gasteiger partial charge in [0.15, 0.2) is 5.69 Å². The van der Waals surface area contributed by atoms with Gasteiger partial charge in [-0.1, -0.05) is 0 Å². The number of amides is 2. The molecule has 25 heavy (non-hydrogen) atoms. The number of rotatable bonds is 4. The van der Waals surface area contributed by atoms with Crippen LogP contribution in [0.4, 0.5) is 5.69 Å². The quantitative estimate of drug-likeness (QED) is 0.878. The second-order valence-electron chi connectivity index (χ2n) is 5.88. The number of nitrogens with one attached hydrogen (secondary N) is 1. The van der Waals surface area contributed by atoms with Crippen LogP contribution in [0.3, 0.4) is 0 Å². The summed E-state index contributed by atoms with van der Waals surface area (Å²) in [7, 11) is 1.77. The standard InChI is InChI=1S/C16H22N6O3/c1-4-22-14(16(24)21-5-7-25-8-6-21)13(10-17-22)18-15(23)12-9-11(2)20(3)19-12/h9-10H,4-8H2,1-3H3,(H,18,23). The molecule has 0 aromatic carbocycles. The van der Waals surface area contributed by atoms with Crippen molar-refractivity contribution in [3.63, 3.8) is 0 Å². The van der Waals surface area contributed by atoms with Gasteiger partial charge in [0.1, 0.15) is 5.69 Å². The van der Waals surface area contributed by atoms with E-state index >= 15 is 0 Å². The molecule has 0 saturated carbocycles. The molecular weight excluding hydrogens is 324 g/mol. The van der Waals surface area contributed by atoms with Gasteiger partial charge in [0, 0.05) is 32.4 Å². The molecule has 0 aliphatic carbocycles. The van der Waals surface area contributed by atoms with Crippen molar-refractivity contribution in [1.82, 2.24) is 24.5 Å². The predicted molar refractivity (Wildman–Crippen MR) is 90.5 cm³/mol. The van der Waals surface area contributed by atoms with Crippen LogP contribution in [0.1, 0.15) is 33.6 Å². The molecule has 2 aromatic rings. The summed E-state index contributed by atoms with van der Waals surface area (Å²) in [6.07, 6.45) is 1.50. The van der Waals surface area contributed by atoms with Crippen LogP contribution in [0.25, 0.3) is 0 Å². The van der Waals surface area contributed by atoms with Crippen molar-refractivity contribution in [1.29, 1.82) is 0 Å². The third-order valence-corrected chi connectivity index (χ3v) is 4.23. The summed E-state index contributed by atoms with van der Waals surface area (Å²) in [5.74, 6) is -0.523. The lowest BCUT2D eigenvalue weighted by Crippen LogP contribution is -2.41. The van der Waals surface area contributed by atoms with E-state index in [1.54, 1.807) is 27.4 Å². The second kappa shape index (κ2) is 7.06. The molecule has 0 spiro atoms. The number of hydrogen-bond acceptors (Lipinski definition) is 5. The Labute approximate surface area is 145 Å². The Kier molecular flexibility index (Phi) is 4.84. The van der Waals surface area contributed by atoms with Gasteiger partial charge >= 0.3 is 0 Å². The molecule has 1 aliphatic rings. The number of ether oxygens (including phenoxy) is 1. The number of hydrogen-bond donors (Lipinski definition) is 1. The minimum Gasteiger partial charge on any atom is -0.378 e. The summed E-state index contributed by atoms with van der Waals surface area (Å²) in [6, 6.07) is 1.70. The van der Waals surface area contributed by atoms with E-state index in [1.165, 1.54) is 6.20 Å². The van der Waals surface area contributed by atoms with Gasteiger partial charge in [0.05, 0.1) is 25.1 Å². The Morgan fingerprint density at radius 3 is 2.64 bits per heavy atom. The highest BCUT2D eigenvalue weighted by molar-refractivity contribution is 6.07. The SMILES string of the molecule is CCn1ncc(NC(=O)c2cc(C)n(C)n2)c1C(=O)N1CCOCC1. The number of nitrogens with zero attached hydrogens (tertiary/aromatic N) is 5. The van der Waals surface area contributed by atoms with Crippen molar-refractivity contribution in [3.8, 4) is 0 Å². The minimum atomic E-state index is -0.365. The average Bonchev–Trinajstić information content (AvgIpc) is 3.18. The van der Waals surface area contributed by atoms with Gasteiger partial charge in [-0.05, 0) is 19.9 Å². The van der Waals surface area contributed by atoms with Gasteiger partial charge in [-0.25, -0.2) is 0 Å². The smallest absolute Gasteiger partial charge is 0.276 e. The molecule has 1 aliphatic heterocycles. The van der Waals surface area contributed by atoms with E-state index in [2.05, 4.69) is 15.5 Å². The maximum Gasteiger partial charge on any atom is 0.276 e. The first kappa shape index (κ1) is 17.2. The molecule has 3 rings (SSSR count). The van der Waals surface area contributed by atoms with Crippen molar-refractivity contribution < 1.29 is 14.3 Å². The lowest BCUT2D eigenvalue weighted by molar-refractivity contribution is 0.0295. The Hall–Kier alpha value is -2.68. The lowest BCUT2D eigenvalue weighted by Gasteiger charge is -2.27. The van der Waals surface area contributed by atoms with E-state index < -0.39 is 0 Å². The average molecular weight is 346 g/mol. The number of morpholine rings is 1. The fourth-order valence-electron chi connectivity index (χ4n) is 2.72. The largest absolute Gasteiger partial charge is 0.378 e. The molecule has 1 N–H and O–H groups in total. The fraction of sp³-hybridized carbons (Fsp3) is 0.500. The van der Waals surface area contributed by atoms with Gasteiger partial charge in [-0.3, -0.25) is 19.0 Å². The summed E-state index contributed by atoms with van der Waals surface area (Å²) in [5, 5.41) is 11.1. The highest BCUT2D eigenvalue weighted by atomic mass is 16.5. The first-order chi connectivity index (χ1) is 12.0. The van der Waals surface area contributed by atoms with Gasteiger partial charge < -0.3 is 15.0 Å². The topological polar surface area (TPSA) is 94.3 Å². The second-order valence-corrected chi connectivity index (χ2v) is 5.88. The summed E-state index contributed by atoms with van der Waals surface area (Å²) >= 11 is 0. The minimum absolute atomic E-state index is 0.157. The Morgan fingerprint density at radius 1 is 1.32 bits per heavy atom. The molecule has 0 bridgehead atoms. The highest BCUT2D eigenvalue weighted by Crippen LogP contribution is 2.19. The molecule has 9 nitrogen and oxygen atoms in total. The number of carbonyl (C=O) groups is 2. The zero-order valence-corrected chi connectivity index (χ0v) is 14.7. The van der Waals surface area contributed by atoms with E-state index in [1.807, 2.05) is 13.8 Å². The van der Waals surface area contributed by atoms with E-state index in [-0.39, 0.29) is 11.8 Å². The number of carbonyl (C=O) groups excluding carboxylic acids is 2. The molecular formula is C16H22N6O3. The molecule has 3 heterocycles. The van der Waals surface area contributed by atoms with Gasteiger partial charge in [0.25, 0.3) is 11.8 Å². The van der Waals surface area contributed by atoms with Crippen LogP contribution in [0.15, 0.2) is 12.3 Å². The predicted octanol–water partition coefficient (Wildman–Crippen LogP) is 0.670. The van der Waals surface area contributed by atoms with Crippen molar-refractivity contribution in [2.45, 2.75) is 20.4 Å². The Morgan fingerprint density at radius 2 is 2.04 bits per heavy atom. The summed E-state index contributed by atoms with van der Waals surface area (Å²) in [6.45, 7) is 6.38. The zero-order valence-electron chi connectivity index (χ0n) is 14.7. The van der Waals surface area contributed by atoms with Crippen molar-refractivity contribution in [2.75, 3.05) is 31.6 Å². The molecule has 2 amide bonds. The molecule has 134 valence electrons. The molecule has 0 atom stereocenters. The lowest BCUT2D eigenvalue weighted by atomic mass is 10.2. The van der Waals surface area contributed by atoms with Crippen LogP contribution >= 0.6 is 0 Å². The number of anilines is 1. The van der Waals surface area contributed by atoms with E-state index in [9.17, 15) is 9.59 Å². The molecule has 1 fully saturated rings. The van der Waals surface area contributed by atoms with Gasteiger partial charge in [-0.15, -0.1) is 0 Å². The van der Waals surface area contributed by atoms with Crippen molar-refractivity contribution >= 4 is 17.5 Å². The molecule has 0 radical (unpaired) electrons. The first-order valence-electron chi connectivity index (χ1n) is 8.26. The zero-order chi connectivity index (χ0) is 18.0. The van der Waals surface area contributed by atoms with E-state index in [0.29, 0.717) is 49.9 Å². The fourth-order valence-corrected chi connectivity index (χ4v) is 2.72. The summed E-state index contributed by atoms with van der Waals surface area (Å²) in [4.78, 5) is 27.1. The van der Waals surface area contributed by atoms with E-state index in [4.69, 9.17) is 4.74 Å². The van der Waals surface area contributed by atoms with Crippen LogP contribution in [-0.2, 0) is 18.3 Å². The molecule has 9 heteroatoms. The number of aromatic nitrogens is 4. The van der Waals surface area contributed by atoms with Crippen molar-refractivity contribution in [2.24, 2.45) is 7.05 Å². The van der Waals surface area contributed by atoms with E-state index in [0.717, 1.165) is 5.69 Å². The molecule has 0 unspecified atom stereocenters. The Bertz CT molecular complexity index is 768. The maximum atomic E-state index is 12.9. The van der Waals surface area contributed by atoms with Gasteiger partial charge in [-0.2, -0.15) is 10.2 Å². The van der Waals surface area contributed by atoms with Crippen LogP contribution in [0, 0.1) is 6.92 Å². The number of aryl methyl sites for hydroxylation is 3. The van der Waals surface area contributed by atoms with Gasteiger partial charge in [0.2, 0.25) is 0 Å². The first-order valence-corrected chi connectivity index (χ1v) is 8.26. The maximum absolute atomic E-state index is 12.9. The third-order valence-electron chi connectivity index (χ3n) is 4.23. The van der Waals surface area contributed by atoms with Crippen LogP contribution in [0.5, 0.6) is 0 Å². The molecule has 1 saturated heterocycles. The third kappa shape index (κ3) is 3.41. The van der Waals surface area contributed by atoms with Crippen molar-refractivity contribution in [3.05, 3.63) is 29.3 Å². The monoisotopic (exact) mass is 346 g/mol. The normalized spacial score (nSPS) is 14.6.